The van der Waals surface area contributed by atoms with E-state index in [1.165, 1.54) is 6.42 Å². The van der Waals surface area contributed by atoms with E-state index in [0.717, 1.165) is 38.5 Å². The lowest BCUT2D eigenvalue weighted by molar-refractivity contribution is -0.177. The maximum atomic E-state index is 13.1. The molecule has 3 N–H and O–H groups in total. The number of piperidine rings is 1. The third kappa shape index (κ3) is 1.88. The zero-order valence-corrected chi connectivity index (χ0v) is 13.4. The number of nitriles is 1. The van der Waals surface area contributed by atoms with Crippen LogP contribution in [0.2, 0.25) is 0 Å². The second kappa shape index (κ2) is 4.29. The van der Waals surface area contributed by atoms with Crippen molar-refractivity contribution >= 4 is 5.91 Å². The predicted molar refractivity (Wildman–Crippen MR) is 82.8 cm³/mol. The van der Waals surface area contributed by atoms with Crippen LogP contribution in [-0.2, 0) is 4.79 Å². The predicted octanol–water partition coefficient (Wildman–Crippen LogP) is 1.16. The largest absolute Gasteiger partial charge is 0.390 e. The Morgan fingerprint density at radius 3 is 2.52 bits per heavy atom. The highest BCUT2D eigenvalue weighted by atomic mass is 16.3. The maximum absolute atomic E-state index is 13.1. The fraction of sp³-hybridized carbons (Fsp3) is 0.889. The van der Waals surface area contributed by atoms with Crippen molar-refractivity contribution in [3.05, 3.63) is 0 Å². The number of carbonyl (C=O) groups excluding carboxylic acids is 1. The van der Waals surface area contributed by atoms with Gasteiger partial charge in [-0.3, -0.25) is 4.79 Å². The van der Waals surface area contributed by atoms with Crippen LogP contribution in [0.4, 0.5) is 0 Å². The van der Waals surface area contributed by atoms with Gasteiger partial charge in [0.05, 0.1) is 17.7 Å². The fourth-order valence-corrected chi connectivity index (χ4v) is 6.96. The molecule has 5 saturated carbocycles. The first-order valence-electron chi connectivity index (χ1n) is 9.13. The first-order chi connectivity index (χ1) is 10.9. The van der Waals surface area contributed by atoms with Gasteiger partial charge in [0.25, 0.3) is 0 Å². The summed E-state index contributed by atoms with van der Waals surface area (Å²) < 4.78 is 0. The van der Waals surface area contributed by atoms with Gasteiger partial charge in [-0.2, -0.15) is 5.26 Å². The third-order valence-corrected chi connectivity index (χ3v) is 7.51. The summed E-state index contributed by atoms with van der Waals surface area (Å²) in [7, 11) is 0. The Morgan fingerprint density at radius 2 is 1.91 bits per heavy atom. The van der Waals surface area contributed by atoms with Crippen molar-refractivity contribution < 1.29 is 9.90 Å². The molecule has 6 aliphatic rings. The molecule has 1 aliphatic heterocycles. The van der Waals surface area contributed by atoms with Crippen molar-refractivity contribution in [3.8, 4) is 6.07 Å². The van der Waals surface area contributed by atoms with Gasteiger partial charge in [-0.25, -0.2) is 0 Å². The Morgan fingerprint density at radius 1 is 1.22 bits per heavy atom. The molecule has 1 amide bonds. The molecule has 6 atom stereocenters. The van der Waals surface area contributed by atoms with Crippen molar-refractivity contribution in [2.45, 2.75) is 75.1 Å². The van der Waals surface area contributed by atoms with Crippen LogP contribution in [0, 0.1) is 34.5 Å². The third-order valence-electron chi connectivity index (χ3n) is 7.51. The van der Waals surface area contributed by atoms with Crippen molar-refractivity contribution in [1.29, 1.82) is 5.26 Å². The highest BCUT2D eigenvalue weighted by molar-refractivity contribution is 5.84. The molecule has 0 aromatic carbocycles. The quantitative estimate of drug-likeness (QED) is 0.800. The molecule has 1 saturated heterocycles. The summed E-state index contributed by atoms with van der Waals surface area (Å²) in [6.45, 7) is 0. The molecule has 5 heteroatoms. The number of amides is 1. The van der Waals surface area contributed by atoms with Gasteiger partial charge in [0.1, 0.15) is 6.04 Å². The molecule has 1 heterocycles. The molecule has 2 unspecified atom stereocenters. The van der Waals surface area contributed by atoms with Crippen LogP contribution < -0.4 is 5.73 Å². The van der Waals surface area contributed by atoms with E-state index in [4.69, 9.17) is 5.73 Å². The zero-order chi connectivity index (χ0) is 16.0. The number of nitrogens with zero attached hydrogens (tertiary/aromatic N) is 2. The van der Waals surface area contributed by atoms with E-state index >= 15 is 0 Å². The number of likely N-dealkylation sites (tertiary alicyclic amines) is 1. The number of aliphatic hydroxyl groups is 1. The molecule has 6 fully saturated rings. The van der Waals surface area contributed by atoms with Crippen molar-refractivity contribution in [3.63, 3.8) is 0 Å². The minimum atomic E-state index is -0.594. The Kier molecular flexibility index (Phi) is 2.65. The number of carbonyl (C=O) groups is 1. The summed E-state index contributed by atoms with van der Waals surface area (Å²) >= 11 is 0. The van der Waals surface area contributed by atoms with Crippen LogP contribution in [0.15, 0.2) is 0 Å². The molecule has 5 nitrogen and oxygen atoms in total. The minimum absolute atomic E-state index is 0.0212. The first kappa shape index (κ1) is 14.2. The van der Waals surface area contributed by atoms with Gasteiger partial charge in [-0.15, -0.1) is 0 Å². The smallest absolute Gasteiger partial charge is 0.241 e. The molecule has 4 bridgehead atoms. The van der Waals surface area contributed by atoms with E-state index in [0.29, 0.717) is 24.2 Å². The maximum Gasteiger partial charge on any atom is 0.241 e. The van der Waals surface area contributed by atoms with Crippen LogP contribution in [0.5, 0.6) is 0 Å². The highest BCUT2D eigenvalue weighted by Crippen LogP contribution is 2.63. The van der Waals surface area contributed by atoms with Crippen molar-refractivity contribution in [2.75, 3.05) is 0 Å². The van der Waals surface area contributed by atoms with Crippen LogP contribution in [0.25, 0.3) is 0 Å². The van der Waals surface area contributed by atoms with Crippen LogP contribution in [0.3, 0.4) is 0 Å². The number of nitrogens with two attached hydrogens (primary N) is 1. The number of fused-ring (bicyclic) bond motifs is 1. The average Bonchev–Trinajstić information content (AvgIpc) is 3.14. The molecular weight excluding hydrogens is 290 g/mol. The number of hydrogen-bond donors (Lipinski definition) is 2. The Bertz CT molecular complexity index is 598. The van der Waals surface area contributed by atoms with Gasteiger partial charge in [-0.1, -0.05) is 0 Å². The van der Waals surface area contributed by atoms with E-state index in [2.05, 4.69) is 6.07 Å². The van der Waals surface area contributed by atoms with E-state index < -0.39 is 11.6 Å². The van der Waals surface area contributed by atoms with Gasteiger partial charge in [0.2, 0.25) is 5.91 Å². The summed E-state index contributed by atoms with van der Waals surface area (Å²) in [5.74, 6) is 1.56. The Labute approximate surface area is 136 Å². The molecule has 0 spiro atoms. The lowest BCUT2D eigenvalue weighted by atomic mass is 9.46. The van der Waals surface area contributed by atoms with E-state index in [-0.39, 0.29) is 23.4 Å². The highest BCUT2D eigenvalue weighted by Gasteiger charge is 2.62. The van der Waals surface area contributed by atoms with Gasteiger partial charge in [0, 0.05) is 6.04 Å². The second-order valence-electron chi connectivity index (χ2n) is 9.21. The van der Waals surface area contributed by atoms with Gasteiger partial charge >= 0.3 is 0 Å². The second-order valence-corrected chi connectivity index (χ2v) is 9.21. The minimum Gasteiger partial charge on any atom is -0.390 e. The Balaban J connectivity index is 1.43. The molecule has 0 radical (unpaired) electrons. The fourth-order valence-electron chi connectivity index (χ4n) is 6.96. The van der Waals surface area contributed by atoms with Crippen molar-refractivity contribution in [1.82, 2.24) is 4.90 Å². The molecule has 124 valence electrons. The van der Waals surface area contributed by atoms with Gasteiger partial charge in [-0.05, 0) is 74.5 Å². The van der Waals surface area contributed by atoms with E-state index in [1.54, 1.807) is 4.90 Å². The topological polar surface area (TPSA) is 90.4 Å². The summed E-state index contributed by atoms with van der Waals surface area (Å²) in [6, 6.07) is 1.72. The molecule has 0 aromatic heterocycles. The molecule has 5 aliphatic carbocycles. The van der Waals surface area contributed by atoms with E-state index in [1.807, 2.05) is 0 Å². The lowest BCUT2D eigenvalue weighted by Gasteiger charge is -2.61. The summed E-state index contributed by atoms with van der Waals surface area (Å²) in [6.07, 6.45) is 7.48. The van der Waals surface area contributed by atoms with E-state index in [9.17, 15) is 15.2 Å². The summed E-state index contributed by atoms with van der Waals surface area (Å²) in [5, 5.41) is 20.2. The Hall–Kier alpha value is -1.12. The lowest BCUT2D eigenvalue weighted by Crippen LogP contribution is -2.64. The monoisotopic (exact) mass is 315 g/mol. The number of rotatable bonds is 2. The SMILES string of the molecule is N#C[C@@H]1C[C@H]2C[C@@H]2N1C(=O)[C@@H](N)C12CC3CC(CC(O)(C3)C1)C2. The van der Waals surface area contributed by atoms with Gasteiger partial charge < -0.3 is 15.7 Å². The van der Waals surface area contributed by atoms with Gasteiger partial charge in [0.15, 0.2) is 0 Å². The molecular formula is C18H25N3O2. The first-order valence-corrected chi connectivity index (χ1v) is 9.13. The van der Waals surface area contributed by atoms with Crippen LogP contribution in [-0.4, -0.2) is 39.6 Å². The van der Waals surface area contributed by atoms with Crippen molar-refractivity contribution in [2.24, 2.45) is 28.9 Å². The van der Waals surface area contributed by atoms with Crippen LogP contribution >= 0.6 is 0 Å². The molecule has 23 heavy (non-hydrogen) atoms. The normalized spacial score (nSPS) is 53.8. The standard InChI is InChI=1S/C18H25N3O2/c19-8-13-2-12-3-14(12)21(13)16(22)15(20)17-4-10-1-11(5-17)7-18(23,6-10)9-17/h10-15,23H,1-7,9,20H2/t10?,11?,12-,13-,14-,15+,17?,18?/m0/s1. The number of hydrogen-bond acceptors (Lipinski definition) is 4. The molecule has 0 aromatic rings. The average molecular weight is 315 g/mol. The van der Waals surface area contributed by atoms with Crippen LogP contribution in [0.1, 0.15) is 51.4 Å². The summed E-state index contributed by atoms with van der Waals surface area (Å²) in [5.41, 5.74) is 5.71. The summed E-state index contributed by atoms with van der Waals surface area (Å²) in [4.78, 5) is 14.9. The zero-order valence-electron chi connectivity index (χ0n) is 13.4. The molecule has 6 rings (SSSR count).